The van der Waals surface area contributed by atoms with Gasteiger partial charge in [0.25, 0.3) is 5.92 Å². The number of nitrogens with two attached hydrogens (primary N) is 1. The van der Waals surface area contributed by atoms with Crippen molar-refractivity contribution in [2.45, 2.75) is 63.7 Å². The lowest BCUT2D eigenvalue weighted by Crippen LogP contribution is -2.54. The third-order valence-electron chi connectivity index (χ3n) is 4.11. The van der Waals surface area contributed by atoms with Gasteiger partial charge in [0, 0.05) is 26.1 Å². The predicted molar refractivity (Wildman–Crippen MR) is 71.3 cm³/mol. The van der Waals surface area contributed by atoms with Gasteiger partial charge in [0.15, 0.2) is 0 Å². The maximum Gasteiger partial charge on any atom is 0.265 e. The summed E-state index contributed by atoms with van der Waals surface area (Å²) in [6, 6.07) is -1.14. The number of rotatable bonds is 4. The lowest BCUT2D eigenvalue weighted by Gasteiger charge is -2.36. The van der Waals surface area contributed by atoms with E-state index in [2.05, 4.69) is 18.7 Å². The van der Waals surface area contributed by atoms with Crippen LogP contribution in [0.5, 0.6) is 0 Å². The molecule has 3 nitrogen and oxygen atoms in total. The molecule has 3 atom stereocenters. The van der Waals surface area contributed by atoms with Crippen molar-refractivity contribution >= 4 is 0 Å². The quantitative estimate of drug-likeness (QED) is 0.856. The molecule has 1 aliphatic carbocycles. The zero-order chi connectivity index (χ0) is 14.0. The van der Waals surface area contributed by atoms with Gasteiger partial charge in [0.05, 0.1) is 18.2 Å². The van der Waals surface area contributed by atoms with Crippen molar-refractivity contribution < 1.29 is 13.5 Å². The van der Waals surface area contributed by atoms with Crippen molar-refractivity contribution in [3.05, 3.63) is 0 Å². The molecule has 2 fully saturated rings. The lowest BCUT2D eigenvalue weighted by atomic mass is 9.89. The molecule has 1 aliphatic heterocycles. The van der Waals surface area contributed by atoms with Crippen LogP contribution < -0.4 is 5.73 Å². The van der Waals surface area contributed by atoms with Gasteiger partial charge in [-0.15, -0.1) is 0 Å². The van der Waals surface area contributed by atoms with Gasteiger partial charge in [-0.1, -0.05) is 13.8 Å². The minimum atomic E-state index is -2.76. The fourth-order valence-electron chi connectivity index (χ4n) is 3.15. The number of halogens is 2. The summed E-state index contributed by atoms with van der Waals surface area (Å²) in [6.07, 6.45) is 1.60. The molecule has 2 rings (SSSR count). The van der Waals surface area contributed by atoms with E-state index in [1.165, 1.54) is 0 Å². The predicted octanol–water partition coefficient (Wildman–Crippen LogP) is 2.25. The number of likely N-dealkylation sites (tertiary alicyclic amines) is 1. The highest BCUT2D eigenvalue weighted by Crippen LogP contribution is 2.34. The molecule has 1 heterocycles. The minimum absolute atomic E-state index is 0.0729. The average molecular weight is 276 g/mol. The van der Waals surface area contributed by atoms with Gasteiger partial charge in [-0.25, -0.2) is 8.78 Å². The molecule has 19 heavy (non-hydrogen) atoms. The first-order valence-electron chi connectivity index (χ1n) is 7.39. The molecular weight excluding hydrogens is 250 g/mol. The highest BCUT2D eigenvalue weighted by molar-refractivity contribution is 4.93. The third kappa shape index (κ3) is 3.86. The number of nitrogens with zero attached hydrogens (tertiary/aromatic N) is 1. The average Bonchev–Trinajstić information content (AvgIpc) is 2.71. The lowest BCUT2D eigenvalue weighted by molar-refractivity contribution is -0.130. The van der Waals surface area contributed by atoms with Crippen LogP contribution in [0.4, 0.5) is 8.78 Å². The molecule has 0 radical (unpaired) electrons. The Bertz CT molecular complexity index is 299. The summed E-state index contributed by atoms with van der Waals surface area (Å²) < 4.78 is 33.0. The SMILES string of the molecule is CC(C)CN1CC[C@H](O[C@H]2CCCC(F)(F)[C@@H]2N)C1. The maximum atomic E-state index is 13.6. The van der Waals surface area contributed by atoms with Gasteiger partial charge < -0.3 is 15.4 Å². The van der Waals surface area contributed by atoms with Crippen molar-refractivity contribution in [2.24, 2.45) is 11.7 Å². The Balaban J connectivity index is 1.82. The van der Waals surface area contributed by atoms with Crippen LogP contribution in [0.3, 0.4) is 0 Å². The van der Waals surface area contributed by atoms with Crippen LogP contribution in [0.25, 0.3) is 0 Å². The molecule has 2 aliphatic rings. The van der Waals surface area contributed by atoms with Crippen LogP contribution in [0.2, 0.25) is 0 Å². The van der Waals surface area contributed by atoms with Crippen molar-refractivity contribution in [2.75, 3.05) is 19.6 Å². The van der Waals surface area contributed by atoms with Crippen LogP contribution >= 0.6 is 0 Å². The van der Waals surface area contributed by atoms with Crippen LogP contribution in [-0.4, -0.2) is 48.7 Å². The van der Waals surface area contributed by atoms with Gasteiger partial charge >= 0.3 is 0 Å². The second-order valence-corrected chi connectivity index (χ2v) is 6.42. The summed E-state index contributed by atoms with van der Waals surface area (Å²) in [7, 11) is 0. The van der Waals surface area contributed by atoms with Crippen LogP contribution in [-0.2, 0) is 4.74 Å². The van der Waals surface area contributed by atoms with E-state index < -0.39 is 18.1 Å². The molecule has 0 unspecified atom stereocenters. The molecule has 0 aromatic rings. The van der Waals surface area contributed by atoms with Crippen molar-refractivity contribution in [1.82, 2.24) is 4.90 Å². The number of hydrogen-bond donors (Lipinski definition) is 1. The van der Waals surface area contributed by atoms with E-state index in [1.807, 2.05) is 0 Å². The summed E-state index contributed by atoms with van der Waals surface area (Å²) >= 11 is 0. The fraction of sp³-hybridized carbons (Fsp3) is 1.00. The molecule has 0 amide bonds. The van der Waals surface area contributed by atoms with Gasteiger partial charge in [0.2, 0.25) is 0 Å². The van der Waals surface area contributed by atoms with E-state index >= 15 is 0 Å². The standard InChI is InChI=1S/C14H26F2N2O/c1-10(2)8-18-7-5-11(9-18)19-12-4-3-6-14(15,16)13(12)17/h10-13H,3-9,17H2,1-2H3/t11-,12-,13+/m0/s1. The zero-order valence-corrected chi connectivity index (χ0v) is 11.9. The number of alkyl halides is 2. The number of hydrogen-bond acceptors (Lipinski definition) is 3. The molecule has 1 saturated carbocycles. The van der Waals surface area contributed by atoms with Gasteiger partial charge in [0.1, 0.15) is 0 Å². The molecule has 112 valence electrons. The smallest absolute Gasteiger partial charge is 0.265 e. The van der Waals surface area contributed by atoms with E-state index in [9.17, 15) is 8.78 Å². The maximum absolute atomic E-state index is 13.6. The molecular formula is C14H26F2N2O. The summed E-state index contributed by atoms with van der Waals surface area (Å²) in [6.45, 7) is 7.28. The van der Waals surface area contributed by atoms with E-state index in [0.29, 0.717) is 18.8 Å². The van der Waals surface area contributed by atoms with Crippen molar-refractivity contribution in [1.29, 1.82) is 0 Å². The summed E-state index contributed by atoms with van der Waals surface area (Å²) in [5.41, 5.74) is 5.66. The van der Waals surface area contributed by atoms with Crippen LogP contribution in [0.15, 0.2) is 0 Å². The molecule has 1 saturated heterocycles. The minimum Gasteiger partial charge on any atom is -0.372 e. The molecule has 5 heteroatoms. The Kier molecular flexibility index (Phi) is 4.79. The highest BCUT2D eigenvalue weighted by atomic mass is 19.3. The van der Waals surface area contributed by atoms with Crippen molar-refractivity contribution in [3.8, 4) is 0 Å². The molecule has 0 bridgehead atoms. The second-order valence-electron chi connectivity index (χ2n) is 6.42. The summed E-state index contributed by atoms with van der Waals surface area (Å²) in [4.78, 5) is 2.35. The molecule has 0 aromatic carbocycles. The second kappa shape index (κ2) is 6.02. The Morgan fingerprint density at radius 3 is 2.79 bits per heavy atom. The first-order valence-corrected chi connectivity index (χ1v) is 7.39. The van der Waals surface area contributed by atoms with Gasteiger partial charge in [-0.05, 0) is 25.2 Å². The summed E-state index contributed by atoms with van der Waals surface area (Å²) in [5, 5.41) is 0. The first-order chi connectivity index (χ1) is 8.88. The summed E-state index contributed by atoms with van der Waals surface area (Å²) in [5.74, 6) is -2.14. The highest BCUT2D eigenvalue weighted by Gasteiger charge is 2.46. The third-order valence-corrected chi connectivity index (χ3v) is 4.11. The molecule has 2 N–H and O–H groups in total. The molecule has 0 spiro atoms. The molecule has 0 aromatic heterocycles. The topological polar surface area (TPSA) is 38.5 Å². The van der Waals surface area contributed by atoms with E-state index in [-0.39, 0.29) is 12.5 Å². The fourth-order valence-corrected chi connectivity index (χ4v) is 3.15. The Morgan fingerprint density at radius 2 is 2.11 bits per heavy atom. The van der Waals surface area contributed by atoms with E-state index in [4.69, 9.17) is 10.5 Å². The largest absolute Gasteiger partial charge is 0.372 e. The zero-order valence-electron chi connectivity index (χ0n) is 11.9. The van der Waals surface area contributed by atoms with E-state index in [0.717, 1.165) is 26.1 Å². The normalized spacial score (nSPS) is 36.0. The number of ether oxygens (including phenoxy) is 1. The van der Waals surface area contributed by atoms with Crippen molar-refractivity contribution in [3.63, 3.8) is 0 Å². The Hall–Kier alpha value is -0.260. The van der Waals surface area contributed by atoms with Crippen LogP contribution in [0.1, 0.15) is 39.5 Å². The monoisotopic (exact) mass is 276 g/mol. The van der Waals surface area contributed by atoms with Crippen LogP contribution in [0, 0.1) is 5.92 Å². The first kappa shape index (κ1) is 15.1. The Labute approximate surface area is 114 Å². The van der Waals surface area contributed by atoms with Gasteiger partial charge in [-0.2, -0.15) is 0 Å². The van der Waals surface area contributed by atoms with Gasteiger partial charge in [-0.3, -0.25) is 0 Å². The Morgan fingerprint density at radius 1 is 1.37 bits per heavy atom. The van der Waals surface area contributed by atoms with E-state index in [1.54, 1.807) is 0 Å².